The summed E-state index contributed by atoms with van der Waals surface area (Å²) in [6, 6.07) is 7.46. The summed E-state index contributed by atoms with van der Waals surface area (Å²) in [5.74, 6) is -0.240. The summed E-state index contributed by atoms with van der Waals surface area (Å²) in [5.41, 5.74) is 1.76. The van der Waals surface area contributed by atoms with Gasteiger partial charge < -0.3 is 10.2 Å². The van der Waals surface area contributed by atoms with E-state index in [4.69, 9.17) is 0 Å². The molecule has 2 rings (SSSR count). The molecule has 1 heterocycles. The summed E-state index contributed by atoms with van der Waals surface area (Å²) in [7, 11) is 1.52. The maximum Gasteiger partial charge on any atom is 0.416 e. The molecule has 0 bridgehead atoms. The molecule has 0 saturated carbocycles. The van der Waals surface area contributed by atoms with Gasteiger partial charge in [0.15, 0.2) is 0 Å². The van der Waals surface area contributed by atoms with Gasteiger partial charge in [-0.1, -0.05) is 18.2 Å². The standard InChI is InChI=1S/C17H18F3N3O/c1-11-5-4-6-12(2)16(11)22-15(24)10-23(3)14-9-13(7-8-21-14)17(18,19)20/h4-9H,10H2,1-3H3,(H,22,24). The molecule has 2 aromatic rings. The predicted molar refractivity (Wildman–Crippen MR) is 87.1 cm³/mol. The van der Waals surface area contributed by atoms with Crippen molar-refractivity contribution in [3.05, 3.63) is 53.2 Å². The molecule has 0 aliphatic carbocycles. The van der Waals surface area contributed by atoms with Gasteiger partial charge in [-0.3, -0.25) is 4.79 Å². The fourth-order valence-electron chi connectivity index (χ4n) is 2.29. The number of alkyl halides is 3. The number of carbonyl (C=O) groups excluding carboxylic acids is 1. The molecule has 0 saturated heterocycles. The van der Waals surface area contributed by atoms with Gasteiger partial charge in [0.2, 0.25) is 5.91 Å². The molecule has 1 amide bonds. The molecule has 1 aromatic carbocycles. The lowest BCUT2D eigenvalue weighted by Crippen LogP contribution is -2.31. The van der Waals surface area contributed by atoms with E-state index < -0.39 is 11.7 Å². The zero-order chi connectivity index (χ0) is 17.9. The highest BCUT2D eigenvalue weighted by molar-refractivity contribution is 5.95. The number of anilines is 2. The minimum atomic E-state index is -4.45. The topological polar surface area (TPSA) is 45.2 Å². The Morgan fingerprint density at radius 3 is 2.42 bits per heavy atom. The predicted octanol–water partition coefficient (Wildman–Crippen LogP) is 3.79. The molecular formula is C17H18F3N3O. The number of para-hydroxylation sites is 1. The highest BCUT2D eigenvalue weighted by Crippen LogP contribution is 2.30. The van der Waals surface area contributed by atoms with Crippen LogP contribution in [0.15, 0.2) is 36.5 Å². The Morgan fingerprint density at radius 1 is 1.21 bits per heavy atom. The van der Waals surface area contributed by atoms with Gasteiger partial charge in [0.05, 0.1) is 12.1 Å². The number of aryl methyl sites for hydroxylation is 2. The molecule has 4 nitrogen and oxygen atoms in total. The van der Waals surface area contributed by atoms with Gasteiger partial charge in [0.25, 0.3) is 0 Å². The van der Waals surface area contributed by atoms with E-state index in [1.54, 1.807) is 0 Å². The van der Waals surface area contributed by atoms with Crippen molar-refractivity contribution in [2.45, 2.75) is 20.0 Å². The minimum Gasteiger partial charge on any atom is -0.350 e. The van der Waals surface area contributed by atoms with Crippen LogP contribution in [0.2, 0.25) is 0 Å². The summed E-state index contributed by atoms with van der Waals surface area (Å²) in [5, 5.41) is 2.79. The molecule has 0 spiro atoms. The summed E-state index contributed by atoms with van der Waals surface area (Å²) in [4.78, 5) is 17.4. The Kier molecular flexibility index (Phi) is 5.11. The van der Waals surface area contributed by atoms with Crippen molar-refractivity contribution >= 4 is 17.4 Å². The summed E-state index contributed by atoms with van der Waals surface area (Å²) in [6.45, 7) is 3.64. The maximum atomic E-state index is 12.7. The Balaban J connectivity index is 2.09. The van der Waals surface area contributed by atoms with E-state index in [0.29, 0.717) is 5.69 Å². The molecule has 0 aliphatic heterocycles. The number of hydrogen-bond acceptors (Lipinski definition) is 3. The number of amides is 1. The number of likely N-dealkylation sites (N-methyl/N-ethyl adjacent to an activating group) is 1. The highest BCUT2D eigenvalue weighted by Gasteiger charge is 2.31. The van der Waals surface area contributed by atoms with Crippen LogP contribution in [0.5, 0.6) is 0 Å². The Hall–Kier alpha value is -2.57. The van der Waals surface area contributed by atoms with Crippen LogP contribution < -0.4 is 10.2 Å². The van der Waals surface area contributed by atoms with E-state index in [2.05, 4.69) is 10.3 Å². The largest absolute Gasteiger partial charge is 0.416 e. The van der Waals surface area contributed by atoms with Gasteiger partial charge in [0, 0.05) is 18.9 Å². The third-order valence-corrected chi connectivity index (χ3v) is 3.59. The van der Waals surface area contributed by atoms with Crippen LogP contribution in [-0.4, -0.2) is 24.5 Å². The number of nitrogens with one attached hydrogen (secondary N) is 1. The van der Waals surface area contributed by atoms with Crippen molar-refractivity contribution < 1.29 is 18.0 Å². The van der Waals surface area contributed by atoms with Crippen LogP contribution in [0.4, 0.5) is 24.7 Å². The fourth-order valence-corrected chi connectivity index (χ4v) is 2.29. The van der Waals surface area contributed by atoms with E-state index in [0.717, 1.165) is 29.5 Å². The average Bonchev–Trinajstić information content (AvgIpc) is 2.50. The number of carbonyl (C=O) groups is 1. The first-order valence-electron chi connectivity index (χ1n) is 7.29. The molecule has 1 aromatic heterocycles. The summed E-state index contributed by atoms with van der Waals surface area (Å²) < 4.78 is 38.2. The maximum absolute atomic E-state index is 12.7. The van der Waals surface area contributed by atoms with Crippen molar-refractivity contribution in [3.8, 4) is 0 Å². The molecule has 0 radical (unpaired) electrons. The fraction of sp³-hybridized carbons (Fsp3) is 0.294. The Labute approximate surface area is 138 Å². The molecular weight excluding hydrogens is 319 g/mol. The lowest BCUT2D eigenvalue weighted by Gasteiger charge is -2.19. The molecule has 0 unspecified atom stereocenters. The van der Waals surface area contributed by atoms with Crippen molar-refractivity contribution in [3.63, 3.8) is 0 Å². The normalized spacial score (nSPS) is 11.2. The van der Waals surface area contributed by atoms with Gasteiger partial charge in [-0.2, -0.15) is 13.2 Å². The SMILES string of the molecule is Cc1cccc(C)c1NC(=O)CN(C)c1cc(C(F)(F)F)ccn1. The first kappa shape index (κ1) is 17.8. The van der Waals surface area contributed by atoms with Crippen LogP contribution in [0.25, 0.3) is 0 Å². The molecule has 24 heavy (non-hydrogen) atoms. The quantitative estimate of drug-likeness (QED) is 0.923. The van der Waals surface area contributed by atoms with Gasteiger partial charge in [-0.25, -0.2) is 4.98 Å². The highest BCUT2D eigenvalue weighted by atomic mass is 19.4. The first-order valence-corrected chi connectivity index (χ1v) is 7.29. The smallest absolute Gasteiger partial charge is 0.350 e. The third-order valence-electron chi connectivity index (χ3n) is 3.59. The van der Waals surface area contributed by atoms with E-state index >= 15 is 0 Å². The summed E-state index contributed by atoms with van der Waals surface area (Å²) in [6.07, 6.45) is -3.36. The van der Waals surface area contributed by atoms with Gasteiger partial charge in [0.1, 0.15) is 5.82 Å². The second-order valence-electron chi connectivity index (χ2n) is 5.57. The van der Waals surface area contributed by atoms with Gasteiger partial charge in [-0.05, 0) is 37.1 Å². The van der Waals surface area contributed by atoms with Crippen LogP contribution in [0.3, 0.4) is 0 Å². The van der Waals surface area contributed by atoms with Crippen LogP contribution >= 0.6 is 0 Å². The van der Waals surface area contributed by atoms with Crippen LogP contribution in [0.1, 0.15) is 16.7 Å². The third kappa shape index (κ3) is 4.24. The van der Waals surface area contributed by atoms with E-state index in [1.807, 2.05) is 32.0 Å². The zero-order valence-electron chi connectivity index (χ0n) is 13.6. The van der Waals surface area contributed by atoms with Crippen LogP contribution in [-0.2, 0) is 11.0 Å². The van der Waals surface area contributed by atoms with Crippen LogP contribution in [0, 0.1) is 13.8 Å². The number of benzene rings is 1. The Bertz CT molecular complexity index is 724. The number of pyridine rings is 1. The van der Waals surface area contributed by atoms with Crippen molar-refractivity contribution in [2.24, 2.45) is 0 Å². The van der Waals surface area contributed by atoms with Crippen molar-refractivity contribution in [2.75, 3.05) is 23.8 Å². The first-order chi connectivity index (χ1) is 11.2. The molecule has 7 heteroatoms. The monoisotopic (exact) mass is 337 g/mol. The molecule has 1 N–H and O–H groups in total. The van der Waals surface area contributed by atoms with Crippen molar-refractivity contribution in [1.82, 2.24) is 4.98 Å². The van der Waals surface area contributed by atoms with Crippen molar-refractivity contribution in [1.29, 1.82) is 0 Å². The van der Waals surface area contributed by atoms with E-state index in [9.17, 15) is 18.0 Å². The van der Waals surface area contributed by atoms with E-state index in [-0.39, 0.29) is 18.3 Å². The second kappa shape index (κ2) is 6.90. The lowest BCUT2D eigenvalue weighted by molar-refractivity contribution is -0.137. The molecule has 128 valence electrons. The number of halogens is 3. The minimum absolute atomic E-state index is 0.0847. The summed E-state index contributed by atoms with van der Waals surface area (Å²) >= 11 is 0. The number of aromatic nitrogens is 1. The number of nitrogens with zero attached hydrogens (tertiary/aromatic N) is 2. The second-order valence-corrected chi connectivity index (χ2v) is 5.57. The zero-order valence-corrected chi connectivity index (χ0v) is 13.6. The lowest BCUT2D eigenvalue weighted by atomic mass is 10.1. The number of rotatable bonds is 4. The molecule has 0 fully saturated rings. The van der Waals surface area contributed by atoms with Gasteiger partial charge in [-0.15, -0.1) is 0 Å². The Morgan fingerprint density at radius 2 is 1.83 bits per heavy atom. The molecule has 0 atom stereocenters. The number of hydrogen-bond donors (Lipinski definition) is 1. The van der Waals surface area contributed by atoms with Gasteiger partial charge >= 0.3 is 6.18 Å². The molecule has 0 aliphatic rings. The average molecular weight is 337 g/mol. The van der Waals surface area contributed by atoms with E-state index in [1.165, 1.54) is 11.9 Å².